The molecule has 1 aliphatic heterocycles. The Labute approximate surface area is 268 Å². The predicted octanol–water partition coefficient (Wildman–Crippen LogP) is 4.67. The molecule has 5 rings (SSSR count). The van der Waals surface area contributed by atoms with E-state index in [4.69, 9.17) is 5.11 Å². The van der Waals surface area contributed by atoms with Crippen LogP contribution in [0, 0.1) is 0 Å². The highest BCUT2D eigenvalue weighted by Crippen LogP contribution is 2.39. The van der Waals surface area contributed by atoms with Crippen molar-refractivity contribution < 1.29 is 46.1 Å². The Morgan fingerprint density at radius 3 is 2.29 bits per heavy atom. The van der Waals surface area contributed by atoms with Crippen molar-refractivity contribution in [3.05, 3.63) is 81.9 Å². The molecule has 0 aliphatic carbocycles. The molecular weight excluding hydrogens is 650 g/mol. The van der Waals surface area contributed by atoms with Crippen LogP contribution in [0.5, 0.6) is 0 Å². The van der Waals surface area contributed by atoms with Gasteiger partial charge in [-0.05, 0) is 30.0 Å². The second-order valence-corrected chi connectivity index (χ2v) is 11.7. The number of hydrogen-bond donors (Lipinski definition) is 3. The monoisotopic (exact) mass is 680 g/mol. The highest BCUT2D eigenvalue weighted by molar-refractivity contribution is 5.89. The predicted molar refractivity (Wildman–Crippen MR) is 159 cm³/mol. The molecule has 2 aromatic carbocycles. The highest BCUT2D eigenvalue weighted by atomic mass is 19.4. The topological polar surface area (TPSA) is 143 Å². The average molecular weight is 681 g/mol. The maximum Gasteiger partial charge on any atom is 0.416 e. The fraction of sp³-hybridized carbons (Fsp3) is 0.387. The Hall–Kier alpha value is -4.93. The number of aromatic nitrogens is 4. The van der Waals surface area contributed by atoms with E-state index >= 15 is 0 Å². The molecule has 0 radical (unpaired) electrons. The molecule has 0 bridgehead atoms. The lowest BCUT2D eigenvalue weighted by Gasteiger charge is -2.39. The average Bonchev–Trinajstić information content (AvgIpc) is 3.36. The van der Waals surface area contributed by atoms with Gasteiger partial charge in [-0.3, -0.25) is 18.8 Å². The van der Waals surface area contributed by atoms with Crippen molar-refractivity contribution in [2.45, 2.75) is 56.2 Å². The Bertz CT molecular complexity index is 1880. The Morgan fingerprint density at radius 1 is 1.02 bits per heavy atom. The van der Waals surface area contributed by atoms with Crippen molar-refractivity contribution in [1.29, 1.82) is 0 Å². The van der Waals surface area contributed by atoms with Crippen molar-refractivity contribution in [2.75, 3.05) is 13.1 Å². The minimum absolute atomic E-state index is 0.00618. The zero-order chi connectivity index (χ0) is 35.0. The van der Waals surface area contributed by atoms with Gasteiger partial charge in [-0.1, -0.05) is 42.5 Å². The SMILES string of the molecule is Cn1nc2c(=O)n(CC3(O)CCN(C(=O)CC(c4ccccc4)C(F)(F)F)CC3)cnc2c1-c1ccc(CNC(=O)O)c(C(F)(F)F)c1. The van der Waals surface area contributed by atoms with Crippen molar-refractivity contribution in [3.63, 3.8) is 0 Å². The standard InChI is InChI=1S/C31H30F6N6O5/c1-41-26(19-7-8-20(15-38-28(46)47)21(13-19)30(32,33)34)24-25(40-41)27(45)43(17-39-24)16-29(48)9-11-42(12-10-29)23(44)14-22(31(35,36)37)18-5-3-2-4-6-18/h2-8,13,17,22,38,48H,9-12,14-16H2,1H3,(H,46,47). The first-order valence-corrected chi connectivity index (χ1v) is 14.7. The molecule has 1 fully saturated rings. The van der Waals surface area contributed by atoms with Crippen LogP contribution in [0.15, 0.2) is 59.7 Å². The number of aliphatic hydroxyl groups is 1. The molecule has 17 heteroatoms. The molecule has 1 aliphatic rings. The quantitative estimate of drug-likeness (QED) is 0.230. The van der Waals surface area contributed by atoms with Gasteiger partial charge in [-0.2, -0.15) is 31.4 Å². The fourth-order valence-electron chi connectivity index (χ4n) is 5.90. The third-order valence-corrected chi connectivity index (χ3v) is 8.42. The number of hydrogen-bond acceptors (Lipinski definition) is 6. The van der Waals surface area contributed by atoms with Gasteiger partial charge in [-0.25, -0.2) is 9.78 Å². The van der Waals surface area contributed by atoms with Gasteiger partial charge in [0.1, 0.15) is 5.52 Å². The van der Waals surface area contributed by atoms with Gasteiger partial charge in [0.25, 0.3) is 5.56 Å². The zero-order valence-electron chi connectivity index (χ0n) is 25.3. The summed E-state index contributed by atoms with van der Waals surface area (Å²) in [5.74, 6) is -2.71. The summed E-state index contributed by atoms with van der Waals surface area (Å²) in [4.78, 5) is 42.6. The smallest absolute Gasteiger partial charge is 0.416 e. The number of carboxylic acid groups (broad SMARTS) is 1. The number of aryl methyl sites for hydroxylation is 1. The van der Waals surface area contributed by atoms with Gasteiger partial charge in [0, 0.05) is 38.7 Å². The Balaban J connectivity index is 1.33. The number of halogens is 6. The van der Waals surface area contributed by atoms with E-state index in [-0.39, 0.29) is 65.9 Å². The van der Waals surface area contributed by atoms with Crippen LogP contribution in [0.25, 0.3) is 22.3 Å². The van der Waals surface area contributed by atoms with E-state index in [1.807, 2.05) is 5.32 Å². The van der Waals surface area contributed by atoms with Crippen LogP contribution >= 0.6 is 0 Å². The van der Waals surface area contributed by atoms with Crippen LogP contribution in [-0.2, 0) is 31.1 Å². The van der Waals surface area contributed by atoms with Crippen LogP contribution in [-0.4, -0.2) is 71.3 Å². The van der Waals surface area contributed by atoms with Crippen molar-refractivity contribution >= 4 is 23.0 Å². The third kappa shape index (κ3) is 7.30. The first kappa shape index (κ1) is 34.4. The van der Waals surface area contributed by atoms with E-state index in [0.717, 1.165) is 23.0 Å². The number of alkyl halides is 6. The number of carbonyl (C=O) groups is 2. The number of nitrogens with one attached hydrogen (secondary N) is 1. The van der Waals surface area contributed by atoms with Gasteiger partial charge in [0.15, 0.2) is 5.52 Å². The number of fused-ring (bicyclic) bond motifs is 1. The minimum atomic E-state index is -4.82. The van der Waals surface area contributed by atoms with E-state index in [1.54, 1.807) is 6.07 Å². The molecule has 0 spiro atoms. The summed E-state index contributed by atoms with van der Waals surface area (Å²) < 4.78 is 85.2. The first-order valence-electron chi connectivity index (χ1n) is 14.7. The molecule has 1 unspecified atom stereocenters. The van der Waals surface area contributed by atoms with Crippen LogP contribution < -0.4 is 10.9 Å². The molecule has 0 saturated carbocycles. The largest absolute Gasteiger partial charge is 0.465 e. The minimum Gasteiger partial charge on any atom is -0.465 e. The van der Waals surface area contributed by atoms with E-state index in [1.165, 1.54) is 47.0 Å². The summed E-state index contributed by atoms with van der Waals surface area (Å²) >= 11 is 0. The molecule has 2 amide bonds. The van der Waals surface area contributed by atoms with E-state index in [0.29, 0.717) is 0 Å². The number of nitrogens with zero attached hydrogens (tertiary/aromatic N) is 5. The molecule has 256 valence electrons. The highest BCUT2D eigenvalue weighted by Gasteiger charge is 2.43. The fourth-order valence-corrected chi connectivity index (χ4v) is 5.90. The second kappa shape index (κ2) is 12.9. The van der Waals surface area contributed by atoms with E-state index in [2.05, 4.69) is 10.1 Å². The summed E-state index contributed by atoms with van der Waals surface area (Å²) in [6.45, 7) is -0.962. The van der Waals surface area contributed by atoms with Gasteiger partial charge in [0.05, 0.1) is 35.6 Å². The lowest BCUT2D eigenvalue weighted by atomic mass is 9.90. The number of amides is 2. The second-order valence-electron chi connectivity index (χ2n) is 11.7. The number of likely N-dealkylation sites (tertiary alicyclic amines) is 1. The molecule has 48 heavy (non-hydrogen) atoms. The lowest BCUT2D eigenvalue weighted by molar-refractivity contribution is -0.162. The molecule has 2 aromatic heterocycles. The summed E-state index contributed by atoms with van der Waals surface area (Å²) in [6, 6.07) is 10.4. The van der Waals surface area contributed by atoms with Crippen molar-refractivity contribution in [1.82, 2.24) is 29.5 Å². The number of rotatable bonds is 8. The normalized spacial score (nSPS) is 15.8. The Kier molecular flexibility index (Phi) is 9.27. The maximum atomic E-state index is 13.9. The van der Waals surface area contributed by atoms with Gasteiger partial charge >= 0.3 is 18.4 Å². The Morgan fingerprint density at radius 2 is 1.69 bits per heavy atom. The van der Waals surface area contributed by atoms with Crippen LogP contribution in [0.4, 0.5) is 31.1 Å². The molecule has 1 atom stereocenters. The molecule has 11 nitrogen and oxygen atoms in total. The third-order valence-electron chi connectivity index (χ3n) is 8.42. The summed E-state index contributed by atoms with van der Waals surface area (Å²) in [7, 11) is 1.41. The lowest BCUT2D eigenvalue weighted by Crippen LogP contribution is -2.50. The number of piperidine rings is 1. The summed E-state index contributed by atoms with van der Waals surface area (Å²) in [5.41, 5.74) is -3.71. The molecule has 1 saturated heterocycles. The van der Waals surface area contributed by atoms with E-state index in [9.17, 15) is 45.8 Å². The number of carbonyl (C=O) groups excluding carboxylic acids is 1. The molecule has 3 heterocycles. The van der Waals surface area contributed by atoms with Gasteiger partial charge in [0.2, 0.25) is 5.91 Å². The molecule has 4 aromatic rings. The maximum absolute atomic E-state index is 13.9. The molecular formula is C31H30F6N6O5. The number of benzene rings is 2. The summed E-state index contributed by atoms with van der Waals surface area (Å²) in [6.07, 6.45) is -10.7. The van der Waals surface area contributed by atoms with Crippen LogP contribution in [0.1, 0.15) is 41.9 Å². The van der Waals surface area contributed by atoms with Gasteiger partial charge in [-0.15, -0.1) is 0 Å². The van der Waals surface area contributed by atoms with E-state index < -0.39 is 60.0 Å². The summed E-state index contributed by atoms with van der Waals surface area (Å²) in [5, 5.41) is 26.2. The zero-order valence-corrected chi connectivity index (χ0v) is 25.3. The molecule has 3 N–H and O–H groups in total. The first-order chi connectivity index (χ1) is 22.5. The van der Waals surface area contributed by atoms with Crippen molar-refractivity contribution in [2.24, 2.45) is 7.05 Å². The van der Waals surface area contributed by atoms with Crippen molar-refractivity contribution in [3.8, 4) is 11.3 Å². The van der Waals surface area contributed by atoms with Crippen LogP contribution in [0.2, 0.25) is 0 Å². The van der Waals surface area contributed by atoms with Gasteiger partial charge < -0.3 is 20.4 Å². The van der Waals surface area contributed by atoms with Crippen LogP contribution in [0.3, 0.4) is 0 Å².